The third kappa shape index (κ3) is 4.12. The molecule has 0 aliphatic carbocycles. The number of hydrogen-bond acceptors (Lipinski definition) is 4. The van der Waals surface area contributed by atoms with Gasteiger partial charge in [0.15, 0.2) is 11.5 Å². The first kappa shape index (κ1) is 15.1. The van der Waals surface area contributed by atoms with Gasteiger partial charge in [-0.05, 0) is 50.3 Å². The van der Waals surface area contributed by atoms with Crippen LogP contribution in [0.15, 0.2) is 18.2 Å². The molecule has 1 aromatic carbocycles. The van der Waals surface area contributed by atoms with Crippen LogP contribution in [0.5, 0.6) is 11.5 Å². The van der Waals surface area contributed by atoms with E-state index in [9.17, 15) is 5.11 Å². The molecule has 1 saturated heterocycles. The van der Waals surface area contributed by atoms with Gasteiger partial charge in [0.1, 0.15) is 0 Å². The van der Waals surface area contributed by atoms with Crippen molar-refractivity contribution >= 4 is 0 Å². The number of nitrogens with one attached hydrogen (secondary N) is 1. The molecule has 20 heavy (non-hydrogen) atoms. The Hall–Kier alpha value is -1.26. The van der Waals surface area contributed by atoms with Gasteiger partial charge in [-0.1, -0.05) is 6.07 Å². The highest BCUT2D eigenvalue weighted by atomic mass is 16.5. The molecule has 1 aliphatic rings. The summed E-state index contributed by atoms with van der Waals surface area (Å²) in [7, 11) is 0. The van der Waals surface area contributed by atoms with E-state index in [0.717, 1.165) is 38.2 Å². The number of phenolic OH excluding ortho intramolecular Hbond substituents is 1. The van der Waals surface area contributed by atoms with Crippen molar-refractivity contribution in [1.82, 2.24) is 5.32 Å². The predicted octanol–water partition coefficient (Wildman–Crippen LogP) is 2.70. The molecule has 1 aliphatic heterocycles. The summed E-state index contributed by atoms with van der Waals surface area (Å²) in [6.45, 7) is 7.26. The molecule has 1 unspecified atom stereocenters. The molecule has 1 heterocycles. The molecule has 0 saturated carbocycles. The van der Waals surface area contributed by atoms with Crippen LogP contribution >= 0.6 is 0 Å². The number of aromatic hydroxyl groups is 1. The van der Waals surface area contributed by atoms with E-state index in [-0.39, 0.29) is 5.75 Å². The summed E-state index contributed by atoms with van der Waals surface area (Å²) in [4.78, 5) is 0. The van der Waals surface area contributed by atoms with Crippen LogP contribution in [0.2, 0.25) is 0 Å². The Morgan fingerprint density at radius 1 is 1.40 bits per heavy atom. The Kier molecular flexibility index (Phi) is 5.68. The highest BCUT2D eigenvalue weighted by molar-refractivity contribution is 5.41. The van der Waals surface area contributed by atoms with Crippen molar-refractivity contribution in [2.75, 3.05) is 19.8 Å². The number of hydrogen-bond donors (Lipinski definition) is 2. The van der Waals surface area contributed by atoms with Gasteiger partial charge in [-0.15, -0.1) is 0 Å². The Balaban J connectivity index is 1.88. The normalized spacial score (nSPS) is 17.9. The molecule has 4 heteroatoms. The van der Waals surface area contributed by atoms with Crippen LogP contribution < -0.4 is 10.1 Å². The quantitative estimate of drug-likeness (QED) is 0.840. The average Bonchev–Trinajstić information content (AvgIpc) is 2.49. The van der Waals surface area contributed by atoms with E-state index in [1.165, 1.54) is 0 Å². The molecule has 0 spiro atoms. The van der Waals surface area contributed by atoms with Crippen molar-refractivity contribution in [3.63, 3.8) is 0 Å². The van der Waals surface area contributed by atoms with Gasteiger partial charge in [0.25, 0.3) is 0 Å². The summed E-state index contributed by atoms with van der Waals surface area (Å²) >= 11 is 0. The lowest BCUT2D eigenvalue weighted by atomic mass is 9.93. The lowest BCUT2D eigenvalue weighted by molar-refractivity contribution is 0.0558. The smallest absolute Gasteiger partial charge is 0.161 e. The van der Waals surface area contributed by atoms with E-state index in [1.54, 1.807) is 6.07 Å². The first-order chi connectivity index (χ1) is 9.70. The molecule has 2 rings (SSSR count). The van der Waals surface area contributed by atoms with Crippen molar-refractivity contribution in [3.8, 4) is 11.5 Å². The van der Waals surface area contributed by atoms with Gasteiger partial charge >= 0.3 is 0 Å². The number of phenols is 1. The van der Waals surface area contributed by atoms with Crippen molar-refractivity contribution in [3.05, 3.63) is 23.8 Å². The lowest BCUT2D eigenvalue weighted by Gasteiger charge is -2.28. The Bertz CT molecular complexity index is 416. The Morgan fingerprint density at radius 2 is 2.15 bits per heavy atom. The molecule has 112 valence electrons. The first-order valence-electron chi connectivity index (χ1n) is 7.46. The minimum Gasteiger partial charge on any atom is -0.504 e. The molecule has 1 atom stereocenters. The second kappa shape index (κ2) is 7.50. The second-order valence-corrected chi connectivity index (χ2v) is 5.35. The third-order valence-electron chi connectivity index (χ3n) is 3.93. The minimum absolute atomic E-state index is 0.202. The van der Waals surface area contributed by atoms with E-state index in [2.05, 4.69) is 12.2 Å². The van der Waals surface area contributed by atoms with Gasteiger partial charge in [-0.25, -0.2) is 0 Å². The van der Waals surface area contributed by atoms with E-state index >= 15 is 0 Å². The largest absolute Gasteiger partial charge is 0.504 e. The fraction of sp³-hybridized carbons (Fsp3) is 0.625. The van der Waals surface area contributed by atoms with Crippen molar-refractivity contribution < 1.29 is 14.6 Å². The molecular weight excluding hydrogens is 254 g/mol. The highest BCUT2D eigenvalue weighted by Gasteiger charge is 2.19. The van der Waals surface area contributed by atoms with Crippen LogP contribution in [0, 0.1) is 5.92 Å². The lowest BCUT2D eigenvalue weighted by Crippen LogP contribution is -2.36. The molecule has 2 N–H and O–H groups in total. The monoisotopic (exact) mass is 279 g/mol. The van der Waals surface area contributed by atoms with Crippen LogP contribution in [0.25, 0.3) is 0 Å². The van der Waals surface area contributed by atoms with Gasteiger partial charge in [-0.3, -0.25) is 0 Å². The summed E-state index contributed by atoms with van der Waals surface area (Å²) in [5.74, 6) is 1.45. The van der Waals surface area contributed by atoms with Crippen LogP contribution in [0.1, 0.15) is 32.3 Å². The molecule has 1 aromatic rings. The maximum absolute atomic E-state index is 9.69. The number of benzene rings is 1. The standard InChI is InChI=1S/C16H25NO3/c1-3-20-16-10-13(4-5-15(16)18)11-17-12(2)14-6-8-19-9-7-14/h4-5,10,12,14,17-18H,3,6-9,11H2,1-2H3. The van der Waals surface area contributed by atoms with Crippen LogP contribution in [-0.4, -0.2) is 31.0 Å². The molecule has 0 bridgehead atoms. The van der Waals surface area contributed by atoms with E-state index in [0.29, 0.717) is 24.3 Å². The SMILES string of the molecule is CCOc1cc(CNC(C)C2CCOCC2)ccc1O. The molecule has 0 aromatic heterocycles. The third-order valence-corrected chi connectivity index (χ3v) is 3.93. The van der Waals surface area contributed by atoms with E-state index < -0.39 is 0 Å². The van der Waals surface area contributed by atoms with Gasteiger partial charge in [0, 0.05) is 25.8 Å². The van der Waals surface area contributed by atoms with Gasteiger partial charge in [-0.2, -0.15) is 0 Å². The average molecular weight is 279 g/mol. The number of ether oxygens (including phenoxy) is 2. The molecule has 4 nitrogen and oxygen atoms in total. The van der Waals surface area contributed by atoms with E-state index in [4.69, 9.17) is 9.47 Å². The predicted molar refractivity (Wildman–Crippen MR) is 79.1 cm³/mol. The van der Waals surface area contributed by atoms with Crippen molar-refractivity contribution in [1.29, 1.82) is 0 Å². The summed E-state index contributed by atoms with van der Waals surface area (Å²) in [5.41, 5.74) is 1.13. The summed E-state index contributed by atoms with van der Waals surface area (Å²) < 4.78 is 10.8. The van der Waals surface area contributed by atoms with Gasteiger partial charge < -0.3 is 19.9 Å². The highest BCUT2D eigenvalue weighted by Crippen LogP contribution is 2.27. The molecule has 0 amide bonds. The zero-order valence-electron chi connectivity index (χ0n) is 12.4. The fourth-order valence-corrected chi connectivity index (χ4v) is 2.60. The maximum atomic E-state index is 9.69. The summed E-state index contributed by atoms with van der Waals surface area (Å²) in [6.07, 6.45) is 2.27. The fourth-order valence-electron chi connectivity index (χ4n) is 2.60. The maximum Gasteiger partial charge on any atom is 0.161 e. The minimum atomic E-state index is 0.202. The van der Waals surface area contributed by atoms with Crippen molar-refractivity contribution in [2.24, 2.45) is 5.92 Å². The zero-order chi connectivity index (χ0) is 14.4. The molecule has 1 fully saturated rings. The number of rotatable bonds is 6. The van der Waals surface area contributed by atoms with Crippen LogP contribution in [-0.2, 0) is 11.3 Å². The van der Waals surface area contributed by atoms with Gasteiger partial charge in [0.2, 0.25) is 0 Å². The van der Waals surface area contributed by atoms with Crippen LogP contribution in [0.3, 0.4) is 0 Å². The Morgan fingerprint density at radius 3 is 2.85 bits per heavy atom. The first-order valence-corrected chi connectivity index (χ1v) is 7.46. The summed E-state index contributed by atoms with van der Waals surface area (Å²) in [6, 6.07) is 6.01. The molecule has 0 radical (unpaired) electrons. The second-order valence-electron chi connectivity index (χ2n) is 5.35. The van der Waals surface area contributed by atoms with Crippen LogP contribution in [0.4, 0.5) is 0 Å². The Labute approximate surface area is 121 Å². The van der Waals surface area contributed by atoms with E-state index in [1.807, 2.05) is 19.1 Å². The topological polar surface area (TPSA) is 50.7 Å². The van der Waals surface area contributed by atoms with Gasteiger partial charge in [0.05, 0.1) is 6.61 Å². The molecular formula is C16H25NO3. The zero-order valence-corrected chi connectivity index (χ0v) is 12.4. The summed E-state index contributed by atoms with van der Waals surface area (Å²) in [5, 5.41) is 13.3. The van der Waals surface area contributed by atoms with Crippen molar-refractivity contribution in [2.45, 2.75) is 39.3 Å².